The van der Waals surface area contributed by atoms with E-state index in [9.17, 15) is 18.0 Å². The van der Waals surface area contributed by atoms with E-state index in [1.54, 1.807) is 36.4 Å². The highest BCUT2D eigenvalue weighted by Crippen LogP contribution is 2.29. The van der Waals surface area contributed by atoms with Crippen molar-refractivity contribution in [1.29, 1.82) is 0 Å². The van der Waals surface area contributed by atoms with Crippen molar-refractivity contribution in [2.75, 3.05) is 10.8 Å². The second-order valence-electron chi connectivity index (χ2n) is 11.9. The number of rotatable bonds is 12. The molecule has 1 N–H and O–H groups in total. The number of aryl methyl sites for hydroxylation is 3. The highest BCUT2D eigenvalue weighted by Gasteiger charge is 2.35. The van der Waals surface area contributed by atoms with Crippen molar-refractivity contribution in [2.45, 2.75) is 71.5 Å². The Bertz CT molecular complexity index is 1720. The number of sulfonamides is 1. The summed E-state index contributed by atoms with van der Waals surface area (Å²) in [7, 11) is -4.16. The van der Waals surface area contributed by atoms with E-state index in [0.717, 1.165) is 33.4 Å². The van der Waals surface area contributed by atoms with Crippen molar-refractivity contribution in [3.8, 4) is 0 Å². The van der Waals surface area contributed by atoms with Crippen molar-refractivity contribution in [2.24, 2.45) is 0 Å². The second kappa shape index (κ2) is 14.6. The largest absolute Gasteiger partial charge is 0.352 e. The lowest BCUT2D eigenvalue weighted by atomic mass is 10.0. The molecular formula is C37H43N3O4S. The Morgan fingerprint density at radius 2 is 1.33 bits per heavy atom. The first-order valence-electron chi connectivity index (χ1n) is 15.2. The van der Waals surface area contributed by atoms with Crippen LogP contribution in [0.15, 0.2) is 102 Å². The van der Waals surface area contributed by atoms with E-state index in [2.05, 4.69) is 5.32 Å². The first-order valence-corrected chi connectivity index (χ1v) is 16.7. The summed E-state index contributed by atoms with van der Waals surface area (Å²) in [6.07, 6.45) is 0.269. The summed E-state index contributed by atoms with van der Waals surface area (Å²) in [5, 5.41) is 2.99. The molecule has 0 saturated heterocycles. The van der Waals surface area contributed by atoms with Crippen LogP contribution in [-0.2, 0) is 32.6 Å². The summed E-state index contributed by atoms with van der Waals surface area (Å²) < 4.78 is 29.7. The molecule has 7 nitrogen and oxygen atoms in total. The first-order chi connectivity index (χ1) is 21.4. The van der Waals surface area contributed by atoms with Crippen molar-refractivity contribution >= 4 is 27.5 Å². The molecule has 8 heteroatoms. The number of carbonyl (C=O) groups is 2. The van der Waals surface area contributed by atoms with Gasteiger partial charge in [-0.25, -0.2) is 8.42 Å². The van der Waals surface area contributed by atoms with Crippen molar-refractivity contribution in [1.82, 2.24) is 10.2 Å². The van der Waals surface area contributed by atoms with E-state index in [1.807, 2.05) is 102 Å². The normalized spacial score (nSPS) is 12.1. The third-order valence-corrected chi connectivity index (χ3v) is 9.68. The molecule has 2 amide bonds. The number of benzene rings is 4. The zero-order valence-electron chi connectivity index (χ0n) is 26.9. The molecule has 0 aliphatic heterocycles. The molecule has 1 atom stereocenters. The van der Waals surface area contributed by atoms with Crippen LogP contribution in [0.25, 0.3) is 0 Å². The Morgan fingerprint density at radius 1 is 0.733 bits per heavy atom. The van der Waals surface area contributed by atoms with Crippen LogP contribution in [0.3, 0.4) is 0 Å². The monoisotopic (exact) mass is 625 g/mol. The number of carbonyl (C=O) groups excluding carboxylic acids is 2. The van der Waals surface area contributed by atoms with Gasteiger partial charge in [0.2, 0.25) is 11.8 Å². The van der Waals surface area contributed by atoms with Gasteiger partial charge in [-0.15, -0.1) is 0 Å². The summed E-state index contributed by atoms with van der Waals surface area (Å²) >= 11 is 0. The number of nitrogens with zero attached hydrogens (tertiary/aromatic N) is 2. The minimum atomic E-state index is -4.16. The standard InChI is InChI=1S/C37H43N3O4S/c1-26(2)38-37(42)35(23-31-12-8-7-9-13-31)39(24-32-19-15-27(3)16-20-32)36(41)25-40(34-14-10-11-29(5)30(34)6)45(43,44)33-21-17-28(4)18-22-33/h7-22,26,35H,23-25H2,1-6H3,(H,38,42)/t35-/m0/s1. The Kier molecular flexibility index (Phi) is 10.8. The Labute approximate surface area is 268 Å². The molecule has 0 heterocycles. The second-order valence-corrected chi connectivity index (χ2v) is 13.8. The van der Waals surface area contributed by atoms with E-state index in [1.165, 1.54) is 9.21 Å². The lowest BCUT2D eigenvalue weighted by Crippen LogP contribution is -2.54. The third-order valence-electron chi connectivity index (χ3n) is 7.91. The fourth-order valence-corrected chi connectivity index (χ4v) is 6.65. The predicted octanol–water partition coefficient (Wildman–Crippen LogP) is 6.28. The van der Waals surface area contributed by atoms with Crippen LogP contribution in [0.2, 0.25) is 0 Å². The highest BCUT2D eigenvalue weighted by molar-refractivity contribution is 7.92. The molecule has 0 aliphatic carbocycles. The maximum atomic E-state index is 14.6. The predicted molar refractivity (Wildman–Crippen MR) is 181 cm³/mol. The van der Waals surface area contributed by atoms with E-state index in [4.69, 9.17) is 0 Å². The Hall–Kier alpha value is -4.43. The van der Waals surface area contributed by atoms with Crippen molar-refractivity contribution < 1.29 is 18.0 Å². The molecular weight excluding hydrogens is 582 g/mol. The van der Waals surface area contributed by atoms with Gasteiger partial charge in [0.05, 0.1) is 10.6 Å². The molecule has 0 aliphatic rings. The minimum absolute atomic E-state index is 0.0882. The SMILES string of the molecule is Cc1ccc(CN(C(=O)CN(c2cccc(C)c2C)S(=O)(=O)c2ccc(C)cc2)[C@@H](Cc2ccccc2)C(=O)NC(C)C)cc1. The maximum absolute atomic E-state index is 14.6. The fourth-order valence-electron chi connectivity index (χ4n) is 5.18. The molecule has 0 fully saturated rings. The van der Waals surface area contributed by atoms with Gasteiger partial charge in [-0.1, -0.05) is 90.0 Å². The zero-order chi connectivity index (χ0) is 32.7. The van der Waals surface area contributed by atoms with Gasteiger partial charge < -0.3 is 10.2 Å². The number of hydrogen-bond acceptors (Lipinski definition) is 4. The zero-order valence-corrected chi connectivity index (χ0v) is 27.8. The smallest absolute Gasteiger partial charge is 0.264 e. The number of anilines is 1. The average Bonchev–Trinajstić information content (AvgIpc) is 3.00. The molecule has 0 radical (unpaired) electrons. The van der Waals surface area contributed by atoms with E-state index in [-0.39, 0.29) is 29.8 Å². The van der Waals surface area contributed by atoms with Gasteiger partial charge in [0.25, 0.3) is 10.0 Å². The van der Waals surface area contributed by atoms with E-state index >= 15 is 0 Å². The molecule has 0 unspecified atom stereocenters. The quantitative estimate of drug-likeness (QED) is 0.201. The molecule has 0 bridgehead atoms. The van der Waals surface area contributed by atoms with Crippen LogP contribution in [0, 0.1) is 27.7 Å². The number of hydrogen-bond donors (Lipinski definition) is 1. The van der Waals surface area contributed by atoms with Crippen LogP contribution in [0.5, 0.6) is 0 Å². The van der Waals surface area contributed by atoms with Crippen molar-refractivity contribution in [3.63, 3.8) is 0 Å². The molecule has 236 valence electrons. The molecule has 4 rings (SSSR count). The van der Waals surface area contributed by atoms with Crippen LogP contribution < -0.4 is 9.62 Å². The first kappa shape index (κ1) is 33.5. The highest BCUT2D eigenvalue weighted by atomic mass is 32.2. The molecule has 0 spiro atoms. The lowest BCUT2D eigenvalue weighted by Gasteiger charge is -2.34. The summed E-state index contributed by atoms with van der Waals surface area (Å²) in [4.78, 5) is 30.0. The van der Waals surface area contributed by atoms with Crippen LogP contribution in [-0.4, -0.2) is 43.8 Å². The van der Waals surface area contributed by atoms with Gasteiger partial charge in [0.1, 0.15) is 12.6 Å². The molecule has 45 heavy (non-hydrogen) atoms. The summed E-state index contributed by atoms with van der Waals surface area (Å²) in [5.74, 6) is -0.777. The van der Waals surface area contributed by atoms with Crippen LogP contribution in [0.1, 0.15) is 47.2 Å². The molecule has 0 aromatic heterocycles. The fraction of sp³-hybridized carbons (Fsp3) is 0.297. The Balaban J connectivity index is 1.83. The summed E-state index contributed by atoms with van der Waals surface area (Å²) in [6.45, 7) is 11.0. The van der Waals surface area contributed by atoms with Gasteiger partial charge in [-0.2, -0.15) is 0 Å². The topological polar surface area (TPSA) is 86.8 Å². The van der Waals surface area contributed by atoms with Gasteiger partial charge in [-0.05, 0) is 82.0 Å². The molecule has 4 aromatic rings. The average molecular weight is 626 g/mol. The lowest BCUT2D eigenvalue weighted by molar-refractivity contribution is -0.140. The van der Waals surface area contributed by atoms with E-state index in [0.29, 0.717) is 5.69 Å². The van der Waals surface area contributed by atoms with Gasteiger partial charge >= 0.3 is 0 Å². The van der Waals surface area contributed by atoms with Crippen LogP contribution in [0.4, 0.5) is 5.69 Å². The van der Waals surface area contributed by atoms with Gasteiger partial charge in [0.15, 0.2) is 0 Å². The van der Waals surface area contributed by atoms with Crippen LogP contribution >= 0.6 is 0 Å². The minimum Gasteiger partial charge on any atom is -0.352 e. The number of amides is 2. The summed E-state index contributed by atoms with van der Waals surface area (Å²) in [6, 6.07) is 28.3. The van der Waals surface area contributed by atoms with Gasteiger partial charge in [-0.3, -0.25) is 13.9 Å². The van der Waals surface area contributed by atoms with Gasteiger partial charge in [0, 0.05) is 19.0 Å². The third kappa shape index (κ3) is 8.39. The molecule has 4 aromatic carbocycles. The van der Waals surface area contributed by atoms with Crippen molar-refractivity contribution in [3.05, 3.63) is 130 Å². The number of nitrogens with one attached hydrogen (secondary N) is 1. The Morgan fingerprint density at radius 3 is 1.93 bits per heavy atom. The maximum Gasteiger partial charge on any atom is 0.264 e. The molecule has 0 saturated carbocycles. The van der Waals surface area contributed by atoms with E-state index < -0.39 is 28.5 Å². The summed E-state index contributed by atoms with van der Waals surface area (Å²) in [5.41, 5.74) is 5.80.